The zero-order valence-electron chi connectivity index (χ0n) is 12.3. The molecule has 2 nitrogen and oxygen atoms in total. The van der Waals surface area contributed by atoms with E-state index in [0.717, 1.165) is 23.4 Å². The number of carbonyl (C=O) groups is 1. The molecule has 114 valence electrons. The maximum absolute atomic E-state index is 12.8. The highest BCUT2D eigenvalue weighted by Crippen LogP contribution is 2.25. The van der Waals surface area contributed by atoms with Gasteiger partial charge in [-0.05, 0) is 66.8 Å². The van der Waals surface area contributed by atoms with E-state index in [-0.39, 0.29) is 11.7 Å². The van der Waals surface area contributed by atoms with E-state index in [2.05, 4.69) is 17.4 Å². The molecule has 0 aromatic heterocycles. The van der Waals surface area contributed by atoms with Crippen LogP contribution in [-0.4, -0.2) is 11.7 Å². The highest BCUT2D eigenvalue weighted by Gasteiger charge is 2.11. The summed E-state index contributed by atoms with van der Waals surface area (Å²) in [6.45, 7) is 0. The molecule has 1 N–H and O–H groups in total. The van der Waals surface area contributed by atoms with Crippen LogP contribution in [0.3, 0.4) is 0 Å². The molecule has 0 radical (unpaired) electrons. The maximum Gasteiger partial charge on any atom is 0.225 e. The van der Waals surface area contributed by atoms with Gasteiger partial charge in [-0.3, -0.25) is 4.79 Å². The third-order valence-corrected chi connectivity index (χ3v) is 4.81. The van der Waals surface area contributed by atoms with Gasteiger partial charge in [-0.25, -0.2) is 4.39 Å². The molecule has 1 aliphatic rings. The van der Waals surface area contributed by atoms with Crippen molar-refractivity contribution in [1.29, 1.82) is 0 Å². The largest absolute Gasteiger partial charge is 0.326 e. The smallest absolute Gasteiger partial charge is 0.225 e. The molecular weight excluding hydrogens is 297 g/mol. The van der Waals surface area contributed by atoms with Crippen molar-refractivity contribution in [3.05, 3.63) is 59.4 Å². The van der Waals surface area contributed by atoms with Gasteiger partial charge in [0.1, 0.15) is 5.82 Å². The van der Waals surface area contributed by atoms with Gasteiger partial charge in [0.25, 0.3) is 0 Å². The van der Waals surface area contributed by atoms with E-state index in [0.29, 0.717) is 12.2 Å². The summed E-state index contributed by atoms with van der Waals surface area (Å²) in [6.07, 6.45) is 3.91. The van der Waals surface area contributed by atoms with E-state index in [4.69, 9.17) is 0 Å². The summed E-state index contributed by atoms with van der Waals surface area (Å²) in [6, 6.07) is 12.5. The van der Waals surface area contributed by atoms with Crippen molar-refractivity contribution < 1.29 is 9.18 Å². The van der Waals surface area contributed by atoms with Gasteiger partial charge in [-0.1, -0.05) is 6.07 Å². The van der Waals surface area contributed by atoms with E-state index in [1.807, 2.05) is 6.07 Å². The molecule has 0 spiro atoms. The Hall–Kier alpha value is -1.81. The van der Waals surface area contributed by atoms with Gasteiger partial charge in [0.15, 0.2) is 0 Å². The average Bonchev–Trinajstić information content (AvgIpc) is 2.97. The number of thioether (sulfide) groups is 1. The number of hydrogen-bond acceptors (Lipinski definition) is 2. The van der Waals surface area contributed by atoms with Crippen molar-refractivity contribution in [2.45, 2.75) is 30.6 Å². The van der Waals surface area contributed by atoms with Gasteiger partial charge in [-0.15, -0.1) is 11.8 Å². The maximum atomic E-state index is 12.8. The van der Waals surface area contributed by atoms with Gasteiger partial charge < -0.3 is 5.32 Å². The lowest BCUT2D eigenvalue weighted by Gasteiger charge is -2.07. The fraction of sp³-hybridized carbons (Fsp3) is 0.278. The summed E-state index contributed by atoms with van der Waals surface area (Å²) in [5.74, 6) is 0.467. The molecule has 0 fully saturated rings. The Morgan fingerprint density at radius 3 is 2.68 bits per heavy atom. The van der Waals surface area contributed by atoms with Gasteiger partial charge in [0.2, 0.25) is 5.91 Å². The van der Waals surface area contributed by atoms with Crippen molar-refractivity contribution in [1.82, 2.24) is 0 Å². The van der Waals surface area contributed by atoms with Crippen LogP contribution in [0, 0.1) is 5.82 Å². The van der Waals surface area contributed by atoms with E-state index in [1.165, 1.54) is 29.7 Å². The molecule has 0 unspecified atom stereocenters. The molecule has 0 aliphatic heterocycles. The highest BCUT2D eigenvalue weighted by atomic mass is 32.2. The third kappa shape index (κ3) is 3.89. The number of benzene rings is 2. The summed E-state index contributed by atoms with van der Waals surface area (Å²) < 4.78 is 12.8. The van der Waals surface area contributed by atoms with E-state index < -0.39 is 0 Å². The number of halogens is 1. The molecule has 0 atom stereocenters. The Kier molecular flexibility index (Phi) is 4.78. The second kappa shape index (κ2) is 6.97. The van der Waals surface area contributed by atoms with Crippen molar-refractivity contribution in [2.24, 2.45) is 0 Å². The lowest BCUT2D eigenvalue weighted by molar-refractivity contribution is -0.115. The van der Waals surface area contributed by atoms with Crippen LogP contribution in [0.25, 0.3) is 0 Å². The summed E-state index contributed by atoms with van der Waals surface area (Å²) in [7, 11) is 0. The first-order valence-electron chi connectivity index (χ1n) is 7.51. The number of rotatable bonds is 5. The molecular formula is C18H18FNOS. The zero-order chi connectivity index (χ0) is 15.4. The molecule has 1 amide bonds. The second-order valence-electron chi connectivity index (χ2n) is 5.44. The van der Waals surface area contributed by atoms with Crippen molar-refractivity contribution in [3.8, 4) is 0 Å². The molecule has 0 bridgehead atoms. The number of nitrogens with one attached hydrogen (secondary N) is 1. The molecule has 1 aliphatic carbocycles. The van der Waals surface area contributed by atoms with Gasteiger partial charge in [0, 0.05) is 22.8 Å². The topological polar surface area (TPSA) is 29.1 Å². The predicted molar refractivity (Wildman–Crippen MR) is 88.8 cm³/mol. The summed E-state index contributed by atoms with van der Waals surface area (Å²) in [5.41, 5.74) is 3.65. The number of fused-ring (bicyclic) bond motifs is 1. The molecule has 0 saturated carbocycles. The molecule has 0 saturated heterocycles. The first-order chi connectivity index (χ1) is 10.7. The van der Waals surface area contributed by atoms with E-state index in [9.17, 15) is 9.18 Å². The lowest BCUT2D eigenvalue weighted by atomic mass is 10.1. The van der Waals surface area contributed by atoms with Crippen molar-refractivity contribution in [3.63, 3.8) is 0 Å². The van der Waals surface area contributed by atoms with Crippen LogP contribution in [-0.2, 0) is 17.6 Å². The summed E-state index contributed by atoms with van der Waals surface area (Å²) in [4.78, 5) is 13.0. The fourth-order valence-corrected chi connectivity index (χ4v) is 3.52. The second-order valence-corrected chi connectivity index (χ2v) is 6.61. The van der Waals surface area contributed by atoms with Crippen LogP contribution < -0.4 is 5.32 Å². The van der Waals surface area contributed by atoms with Crippen LogP contribution in [0.4, 0.5) is 10.1 Å². The minimum Gasteiger partial charge on any atom is -0.326 e. The van der Waals surface area contributed by atoms with Gasteiger partial charge in [-0.2, -0.15) is 0 Å². The Morgan fingerprint density at radius 1 is 1.09 bits per heavy atom. The van der Waals surface area contributed by atoms with Crippen LogP contribution in [0.2, 0.25) is 0 Å². The van der Waals surface area contributed by atoms with Crippen LogP contribution in [0.5, 0.6) is 0 Å². The molecule has 4 heteroatoms. The van der Waals surface area contributed by atoms with E-state index in [1.54, 1.807) is 23.9 Å². The minimum atomic E-state index is -0.237. The molecule has 22 heavy (non-hydrogen) atoms. The predicted octanol–water partition coefficient (Wildman–Crippen LogP) is 4.44. The van der Waals surface area contributed by atoms with Crippen molar-refractivity contribution in [2.75, 3.05) is 11.1 Å². The standard InChI is InChI=1S/C18H18FNOS/c19-15-5-8-17(9-6-15)22-11-10-18(21)20-16-7-4-13-2-1-3-14(13)12-16/h4-9,12H,1-3,10-11H2,(H,20,21). The Morgan fingerprint density at radius 2 is 1.86 bits per heavy atom. The molecule has 3 rings (SSSR count). The number of anilines is 1. The van der Waals surface area contributed by atoms with Crippen LogP contribution >= 0.6 is 11.8 Å². The normalized spacial score (nSPS) is 13.0. The van der Waals surface area contributed by atoms with Crippen molar-refractivity contribution >= 4 is 23.4 Å². The monoisotopic (exact) mass is 315 g/mol. The number of hydrogen-bond donors (Lipinski definition) is 1. The number of aryl methyl sites for hydroxylation is 2. The van der Waals surface area contributed by atoms with E-state index >= 15 is 0 Å². The van der Waals surface area contributed by atoms with Gasteiger partial charge >= 0.3 is 0 Å². The average molecular weight is 315 g/mol. The Balaban J connectivity index is 1.47. The molecule has 2 aromatic rings. The molecule has 2 aromatic carbocycles. The Labute approximate surface area is 134 Å². The number of amides is 1. The van der Waals surface area contributed by atoms with Crippen LogP contribution in [0.15, 0.2) is 47.4 Å². The third-order valence-electron chi connectivity index (χ3n) is 3.79. The lowest BCUT2D eigenvalue weighted by Crippen LogP contribution is -2.12. The van der Waals surface area contributed by atoms with Gasteiger partial charge in [0.05, 0.1) is 0 Å². The molecule has 0 heterocycles. The summed E-state index contributed by atoms with van der Waals surface area (Å²) in [5, 5.41) is 2.95. The first-order valence-corrected chi connectivity index (χ1v) is 8.49. The Bertz CT molecular complexity index is 669. The SMILES string of the molecule is O=C(CCSc1ccc(F)cc1)Nc1ccc2c(c1)CCC2. The fourth-order valence-electron chi connectivity index (χ4n) is 2.67. The quantitative estimate of drug-likeness (QED) is 0.827. The highest BCUT2D eigenvalue weighted by molar-refractivity contribution is 7.99. The first kappa shape index (κ1) is 15.1. The zero-order valence-corrected chi connectivity index (χ0v) is 13.1. The number of carbonyl (C=O) groups excluding carboxylic acids is 1. The summed E-state index contributed by atoms with van der Waals surface area (Å²) >= 11 is 1.56. The minimum absolute atomic E-state index is 0.0209. The van der Waals surface area contributed by atoms with Crippen LogP contribution in [0.1, 0.15) is 24.0 Å².